The maximum Gasteiger partial charge on any atom is 0.328 e. The molecule has 0 saturated heterocycles. The van der Waals surface area contributed by atoms with Gasteiger partial charge in [0.05, 0.1) is 7.11 Å². The maximum absolute atomic E-state index is 10.7. The second-order valence-electron chi connectivity index (χ2n) is 5.89. The van der Waals surface area contributed by atoms with Crippen LogP contribution in [-0.4, -0.2) is 18.2 Å². The summed E-state index contributed by atoms with van der Waals surface area (Å²) in [6.07, 6.45) is 2.62. The van der Waals surface area contributed by atoms with E-state index in [1.54, 1.807) is 19.2 Å². The largest absolute Gasteiger partial charge is 0.496 e. The van der Waals surface area contributed by atoms with Crippen molar-refractivity contribution < 1.29 is 24.1 Å². The van der Waals surface area contributed by atoms with E-state index in [1.807, 2.05) is 60.7 Å². The summed E-state index contributed by atoms with van der Waals surface area (Å²) in [6, 6.07) is 22.3. The molecule has 5 nitrogen and oxygen atoms in total. The zero-order valence-electron chi connectivity index (χ0n) is 15.4. The molecule has 3 aromatic rings. The highest BCUT2D eigenvalue weighted by Crippen LogP contribution is 2.32. The topological polar surface area (TPSA) is 65.0 Å². The number of rotatable bonds is 8. The van der Waals surface area contributed by atoms with Crippen molar-refractivity contribution in [2.24, 2.45) is 0 Å². The Kier molecular flexibility index (Phi) is 6.31. The van der Waals surface area contributed by atoms with E-state index in [2.05, 4.69) is 0 Å². The number of methoxy groups -OCH3 is 1. The molecule has 0 aliphatic carbocycles. The van der Waals surface area contributed by atoms with Crippen LogP contribution in [0.3, 0.4) is 0 Å². The molecule has 0 unspecified atom stereocenters. The monoisotopic (exact) mass is 376 g/mol. The van der Waals surface area contributed by atoms with Crippen LogP contribution in [0.1, 0.15) is 11.1 Å². The molecule has 1 N–H and O–H groups in total. The summed E-state index contributed by atoms with van der Waals surface area (Å²) in [7, 11) is 1.58. The van der Waals surface area contributed by atoms with Gasteiger partial charge in [0.25, 0.3) is 0 Å². The summed E-state index contributed by atoms with van der Waals surface area (Å²) in [5, 5.41) is 8.80. The third-order valence-electron chi connectivity index (χ3n) is 3.93. The number of hydrogen-bond donors (Lipinski definition) is 1. The van der Waals surface area contributed by atoms with Crippen LogP contribution in [-0.2, 0) is 11.4 Å². The number of aliphatic carboxylic acids is 1. The highest BCUT2D eigenvalue weighted by Gasteiger charge is 2.09. The van der Waals surface area contributed by atoms with E-state index in [1.165, 1.54) is 6.08 Å². The summed E-state index contributed by atoms with van der Waals surface area (Å²) in [6.45, 7) is 0.243. The number of carboxylic acids is 1. The molecule has 5 heteroatoms. The van der Waals surface area contributed by atoms with Gasteiger partial charge in [-0.3, -0.25) is 0 Å². The van der Waals surface area contributed by atoms with Gasteiger partial charge in [-0.25, -0.2) is 4.79 Å². The molecule has 0 aromatic heterocycles. The van der Waals surface area contributed by atoms with E-state index in [-0.39, 0.29) is 6.61 Å². The van der Waals surface area contributed by atoms with Gasteiger partial charge in [-0.15, -0.1) is 0 Å². The van der Waals surface area contributed by atoms with E-state index in [9.17, 15) is 4.79 Å². The zero-order chi connectivity index (χ0) is 19.8. The minimum Gasteiger partial charge on any atom is -0.496 e. The maximum atomic E-state index is 10.7. The average molecular weight is 376 g/mol. The number of ether oxygens (including phenoxy) is 3. The second kappa shape index (κ2) is 9.28. The van der Waals surface area contributed by atoms with E-state index in [4.69, 9.17) is 19.3 Å². The molecular formula is C23H20O5. The fourth-order valence-corrected chi connectivity index (χ4v) is 2.61. The van der Waals surface area contributed by atoms with Gasteiger partial charge in [0.1, 0.15) is 18.1 Å². The molecule has 0 spiro atoms. The molecule has 0 amide bonds. The number of carboxylic acid groups (broad SMARTS) is 1. The predicted molar refractivity (Wildman–Crippen MR) is 107 cm³/mol. The van der Waals surface area contributed by atoms with Crippen LogP contribution in [0.2, 0.25) is 0 Å². The van der Waals surface area contributed by atoms with Crippen molar-refractivity contribution in [3.63, 3.8) is 0 Å². The lowest BCUT2D eigenvalue weighted by Crippen LogP contribution is -2.00. The average Bonchev–Trinajstić information content (AvgIpc) is 2.72. The zero-order valence-corrected chi connectivity index (χ0v) is 15.4. The molecule has 0 saturated carbocycles. The Labute approximate surface area is 163 Å². The lowest BCUT2D eigenvalue weighted by atomic mass is 10.1. The van der Waals surface area contributed by atoms with E-state index >= 15 is 0 Å². The lowest BCUT2D eigenvalue weighted by molar-refractivity contribution is -0.131. The van der Waals surface area contributed by atoms with Crippen LogP contribution < -0.4 is 14.2 Å². The van der Waals surface area contributed by atoms with E-state index < -0.39 is 5.97 Å². The summed E-state index contributed by atoms with van der Waals surface area (Å²) in [4.78, 5) is 10.7. The SMILES string of the molecule is COc1ccc(C=CC(=O)O)cc1COc1ccccc1Oc1ccccc1. The quantitative estimate of drug-likeness (QED) is 0.550. The predicted octanol–water partition coefficient (Wildman–Crippen LogP) is 5.16. The van der Waals surface area contributed by atoms with Crippen LogP contribution in [0.5, 0.6) is 23.0 Å². The van der Waals surface area contributed by atoms with Gasteiger partial charge in [0.2, 0.25) is 0 Å². The van der Waals surface area contributed by atoms with Crippen molar-refractivity contribution in [2.45, 2.75) is 6.61 Å². The first-order valence-electron chi connectivity index (χ1n) is 8.68. The third-order valence-corrected chi connectivity index (χ3v) is 3.93. The van der Waals surface area contributed by atoms with Gasteiger partial charge in [-0.1, -0.05) is 36.4 Å². The Morgan fingerprint density at radius 3 is 2.36 bits per heavy atom. The van der Waals surface area contributed by atoms with Crippen molar-refractivity contribution >= 4 is 12.0 Å². The summed E-state index contributed by atoms with van der Waals surface area (Å²) < 4.78 is 17.3. The molecule has 0 aliphatic heterocycles. The molecule has 28 heavy (non-hydrogen) atoms. The molecule has 0 atom stereocenters. The molecule has 142 valence electrons. The smallest absolute Gasteiger partial charge is 0.328 e. The van der Waals surface area contributed by atoms with Crippen LogP contribution in [0.4, 0.5) is 0 Å². The third kappa shape index (κ3) is 5.14. The normalized spacial score (nSPS) is 10.6. The number of carbonyl (C=O) groups is 1. The molecule has 0 bridgehead atoms. The molecule has 0 aliphatic rings. The summed E-state index contributed by atoms with van der Waals surface area (Å²) >= 11 is 0. The first-order valence-corrected chi connectivity index (χ1v) is 8.68. The molecule has 0 fully saturated rings. The Hall–Kier alpha value is -3.73. The summed E-state index contributed by atoms with van der Waals surface area (Å²) in [5.41, 5.74) is 1.54. The number of hydrogen-bond acceptors (Lipinski definition) is 4. The Morgan fingerprint density at radius 2 is 1.64 bits per heavy atom. The Morgan fingerprint density at radius 1 is 0.929 bits per heavy atom. The van der Waals surface area contributed by atoms with Gasteiger partial charge in [-0.05, 0) is 48.0 Å². The number of benzene rings is 3. The van der Waals surface area contributed by atoms with E-state index in [0.29, 0.717) is 17.2 Å². The number of para-hydroxylation sites is 3. The van der Waals surface area contributed by atoms with Gasteiger partial charge < -0.3 is 19.3 Å². The first kappa shape index (κ1) is 19.0. The summed E-state index contributed by atoms with van der Waals surface area (Å²) in [5.74, 6) is 1.58. The van der Waals surface area contributed by atoms with Crippen LogP contribution in [0.25, 0.3) is 6.08 Å². The van der Waals surface area contributed by atoms with E-state index in [0.717, 1.165) is 23.0 Å². The Bertz CT molecular complexity index is 964. The standard InChI is InChI=1S/C23H20O5/c1-26-20-13-11-17(12-14-23(24)25)15-18(20)16-27-21-9-5-6-10-22(21)28-19-7-3-2-4-8-19/h2-15H,16H2,1H3,(H,24,25). The first-order chi connectivity index (χ1) is 13.7. The van der Waals surface area contributed by atoms with Crippen LogP contribution >= 0.6 is 0 Å². The van der Waals surface area contributed by atoms with Crippen LogP contribution in [0.15, 0.2) is 78.9 Å². The highest BCUT2D eigenvalue weighted by atomic mass is 16.5. The Balaban J connectivity index is 1.78. The molecule has 3 rings (SSSR count). The molecule has 0 heterocycles. The van der Waals surface area contributed by atoms with Gasteiger partial charge >= 0.3 is 5.97 Å². The van der Waals surface area contributed by atoms with Crippen molar-refractivity contribution in [1.29, 1.82) is 0 Å². The van der Waals surface area contributed by atoms with Crippen molar-refractivity contribution in [3.8, 4) is 23.0 Å². The minimum absolute atomic E-state index is 0.243. The lowest BCUT2D eigenvalue weighted by Gasteiger charge is -2.14. The second-order valence-corrected chi connectivity index (χ2v) is 5.89. The highest BCUT2D eigenvalue weighted by molar-refractivity contribution is 5.85. The molecule has 3 aromatic carbocycles. The van der Waals surface area contributed by atoms with Crippen molar-refractivity contribution in [3.05, 3.63) is 90.0 Å². The molecular weight excluding hydrogens is 356 g/mol. The van der Waals surface area contributed by atoms with Gasteiger partial charge in [-0.2, -0.15) is 0 Å². The van der Waals surface area contributed by atoms with Crippen LogP contribution in [0, 0.1) is 0 Å². The van der Waals surface area contributed by atoms with Gasteiger partial charge in [0, 0.05) is 11.6 Å². The van der Waals surface area contributed by atoms with Crippen molar-refractivity contribution in [1.82, 2.24) is 0 Å². The fourth-order valence-electron chi connectivity index (χ4n) is 2.61. The fraction of sp³-hybridized carbons (Fsp3) is 0.0870. The van der Waals surface area contributed by atoms with Gasteiger partial charge in [0.15, 0.2) is 11.5 Å². The minimum atomic E-state index is -0.999. The molecule has 0 radical (unpaired) electrons. The van der Waals surface area contributed by atoms with Crippen molar-refractivity contribution in [2.75, 3.05) is 7.11 Å².